The summed E-state index contributed by atoms with van der Waals surface area (Å²) in [6.45, 7) is 1.42. The number of hydrogen-bond donors (Lipinski definition) is 1. The van der Waals surface area contributed by atoms with Crippen molar-refractivity contribution in [2.75, 3.05) is 13.2 Å². The van der Waals surface area contributed by atoms with E-state index in [4.69, 9.17) is 4.74 Å². The number of hydrogen-bond acceptors (Lipinski definition) is 3. The molecule has 2 aliphatic rings. The molecular weight excluding hydrogens is 118 g/mol. The Hall–Kier alpha value is -0.410. The molecule has 0 radical (unpaired) electrons. The van der Waals surface area contributed by atoms with Gasteiger partial charge in [0, 0.05) is 19.0 Å². The molecule has 2 unspecified atom stereocenters. The molecule has 2 atom stereocenters. The predicted octanol–water partition coefficient (Wildman–Crippen LogP) is -0.684. The van der Waals surface area contributed by atoms with E-state index in [1.165, 1.54) is 0 Å². The van der Waals surface area contributed by atoms with E-state index in [0.717, 1.165) is 12.7 Å². The van der Waals surface area contributed by atoms with Gasteiger partial charge in [0.15, 0.2) is 6.29 Å². The van der Waals surface area contributed by atoms with Crippen molar-refractivity contribution < 1.29 is 9.53 Å². The monoisotopic (exact) mass is 127 g/mol. The lowest BCUT2D eigenvalue weighted by molar-refractivity contribution is -0.125. The molecule has 1 N–H and O–H groups in total. The molecule has 0 aromatic rings. The fraction of sp³-hybridized carbons (Fsp3) is 0.833. The van der Waals surface area contributed by atoms with Crippen molar-refractivity contribution in [3.05, 3.63) is 0 Å². The van der Waals surface area contributed by atoms with Gasteiger partial charge in [-0.25, -0.2) is 0 Å². The SMILES string of the molecule is O=CC12CNC(CO1)C2. The van der Waals surface area contributed by atoms with Crippen molar-refractivity contribution in [3.63, 3.8) is 0 Å². The van der Waals surface area contributed by atoms with Crippen LogP contribution < -0.4 is 5.32 Å². The van der Waals surface area contributed by atoms with E-state index >= 15 is 0 Å². The molecule has 0 amide bonds. The highest BCUT2D eigenvalue weighted by Crippen LogP contribution is 2.28. The van der Waals surface area contributed by atoms with Crippen LogP contribution in [0.4, 0.5) is 0 Å². The van der Waals surface area contributed by atoms with Gasteiger partial charge < -0.3 is 14.8 Å². The first kappa shape index (κ1) is 5.38. The van der Waals surface area contributed by atoms with Gasteiger partial charge in [0.2, 0.25) is 0 Å². The fourth-order valence-corrected chi connectivity index (χ4v) is 1.50. The summed E-state index contributed by atoms with van der Waals surface area (Å²) in [5, 5.41) is 3.19. The summed E-state index contributed by atoms with van der Waals surface area (Å²) >= 11 is 0. The maximum absolute atomic E-state index is 10.4. The van der Waals surface area contributed by atoms with Crippen LogP contribution in [0.1, 0.15) is 6.42 Å². The number of morpholine rings is 1. The standard InChI is InChI=1S/C6H9NO2/c8-4-6-1-5(2-9-6)7-3-6/h4-5,7H,1-3H2. The fourth-order valence-electron chi connectivity index (χ4n) is 1.50. The van der Waals surface area contributed by atoms with Crippen LogP contribution in [0.25, 0.3) is 0 Å². The molecule has 0 saturated carbocycles. The lowest BCUT2D eigenvalue weighted by Crippen LogP contribution is -2.40. The van der Waals surface area contributed by atoms with Gasteiger partial charge in [0.05, 0.1) is 6.61 Å². The average molecular weight is 127 g/mol. The van der Waals surface area contributed by atoms with Gasteiger partial charge in [-0.2, -0.15) is 0 Å². The van der Waals surface area contributed by atoms with Crippen molar-refractivity contribution in [2.24, 2.45) is 0 Å². The first-order valence-corrected chi connectivity index (χ1v) is 3.18. The first-order chi connectivity index (χ1) is 4.35. The molecule has 0 aliphatic carbocycles. The number of carbonyl (C=O) groups is 1. The number of carbonyl (C=O) groups excluding carboxylic acids is 1. The minimum Gasteiger partial charge on any atom is -0.364 e. The second kappa shape index (κ2) is 1.55. The van der Waals surface area contributed by atoms with E-state index in [9.17, 15) is 4.79 Å². The van der Waals surface area contributed by atoms with Crippen molar-refractivity contribution in [1.29, 1.82) is 0 Å². The largest absolute Gasteiger partial charge is 0.364 e. The number of nitrogens with one attached hydrogen (secondary N) is 1. The third-order valence-corrected chi connectivity index (χ3v) is 2.07. The van der Waals surface area contributed by atoms with E-state index in [-0.39, 0.29) is 0 Å². The summed E-state index contributed by atoms with van der Waals surface area (Å²) in [5.41, 5.74) is -0.440. The normalized spacial score (nSPS) is 47.8. The van der Waals surface area contributed by atoms with Gasteiger partial charge in [-0.15, -0.1) is 0 Å². The Morgan fingerprint density at radius 3 is 2.89 bits per heavy atom. The molecule has 2 bridgehead atoms. The van der Waals surface area contributed by atoms with E-state index in [1.54, 1.807) is 0 Å². The van der Waals surface area contributed by atoms with Crippen LogP contribution in [-0.4, -0.2) is 31.1 Å². The summed E-state index contributed by atoms with van der Waals surface area (Å²) in [6, 6.07) is 0.440. The molecule has 2 saturated heterocycles. The zero-order valence-corrected chi connectivity index (χ0v) is 5.09. The number of fused-ring (bicyclic) bond motifs is 2. The highest BCUT2D eigenvalue weighted by Gasteiger charge is 2.46. The zero-order chi connectivity index (χ0) is 6.32. The van der Waals surface area contributed by atoms with E-state index in [1.807, 2.05) is 0 Å². The predicted molar refractivity (Wildman–Crippen MR) is 31.2 cm³/mol. The van der Waals surface area contributed by atoms with Crippen LogP contribution in [0, 0.1) is 0 Å². The molecule has 9 heavy (non-hydrogen) atoms. The second-order valence-electron chi connectivity index (χ2n) is 2.78. The van der Waals surface area contributed by atoms with Crippen LogP contribution in [0.2, 0.25) is 0 Å². The van der Waals surface area contributed by atoms with Crippen molar-refractivity contribution in [3.8, 4) is 0 Å². The third-order valence-electron chi connectivity index (χ3n) is 2.07. The number of rotatable bonds is 1. The highest BCUT2D eigenvalue weighted by atomic mass is 16.5. The molecular formula is C6H9NO2. The summed E-state index contributed by atoms with van der Waals surface area (Å²) in [4.78, 5) is 10.4. The van der Waals surface area contributed by atoms with Crippen LogP contribution in [-0.2, 0) is 9.53 Å². The number of ether oxygens (including phenoxy) is 1. The van der Waals surface area contributed by atoms with Gasteiger partial charge in [0.25, 0.3) is 0 Å². The molecule has 0 aromatic heterocycles. The summed E-state index contributed by atoms with van der Waals surface area (Å²) in [6.07, 6.45) is 1.80. The van der Waals surface area contributed by atoms with Gasteiger partial charge in [0.1, 0.15) is 5.60 Å². The Morgan fingerprint density at radius 1 is 1.78 bits per heavy atom. The minimum atomic E-state index is -0.440. The maximum Gasteiger partial charge on any atom is 0.153 e. The lowest BCUT2D eigenvalue weighted by atomic mass is 10.1. The Labute approximate surface area is 53.4 Å². The molecule has 0 spiro atoms. The van der Waals surface area contributed by atoms with Crippen LogP contribution in [0.15, 0.2) is 0 Å². The highest BCUT2D eigenvalue weighted by molar-refractivity contribution is 5.64. The van der Waals surface area contributed by atoms with Crippen LogP contribution >= 0.6 is 0 Å². The molecule has 3 heteroatoms. The zero-order valence-electron chi connectivity index (χ0n) is 5.09. The van der Waals surface area contributed by atoms with Gasteiger partial charge in [-0.1, -0.05) is 0 Å². The number of aldehydes is 1. The van der Waals surface area contributed by atoms with Crippen LogP contribution in [0.3, 0.4) is 0 Å². The Morgan fingerprint density at radius 2 is 2.67 bits per heavy atom. The molecule has 3 nitrogen and oxygen atoms in total. The van der Waals surface area contributed by atoms with Crippen LogP contribution in [0.5, 0.6) is 0 Å². The smallest absolute Gasteiger partial charge is 0.153 e. The second-order valence-corrected chi connectivity index (χ2v) is 2.78. The van der Waals surface area contributed by atoms with Gasteiger partial charge in [-0.3, -0.25) is 0 Å². The van der Waals surface area contributed by atoms with Crippen molar-refractivity contribution in [2.45, 2.75) is 18.1 Å². The maximum atomic E-state index is 10.4. The van der Waals surface area contributed by atoms with Gasteiger partial charge in [-0.05, 0) is 0 Å². The first-order valence-electron chi connectivity index (χ1n) is 3.18. The summed E-state index contributed by atoms with van der Waals surface area (Å²) in [5.74, 6) is 0. The summed E-state index contributed by atoms with van der Waals surface area (Å²) < 4.78 is 5.26. The quantitative estimate of drug-likeness (QED) is 0.474. The van der Waals surface area contributed by atoms with E-state index in [2.05, 4.69) is 5.32 Å². The molecule has 2 heterocycles. The molecule has 50 valence electrons. The Kier molecular flexibility index (Phi) is 0.926. The summed E-state index contributed by atoms with van der Waals surface area (Å²) in [7, 11) is 0. The van der Waals surface area contributed by atoms with Crippen molar-refractivity contribution >= 4 is 6.29 Å². The van der Waals surface area contributed by atoms with Crippen molar-refractivity contribution in [1.82, 2.24) is 5.32 Å². The Bertz CT molecular complexity index is 138. The lowest BCUT2D eigenvalue weighted by Gasteiger charge is -2.19. The molecule has 2 aliphatic heterocycles. The van der Waals surface area contributed by atoms with Gasteiger partial charge >= 0.3 is 0 Å². The average Bonchev–Trinajstić information content (AvgIpc) is 2.46. The molecule has 2 rings (SSSR count). The van der Waals surface area contributed by atoms with E-state index in [0.29, 0.717) is 19.2 Å². The molecule has 2 fully saturated rings. The Balaban J connectivity index is 2.21. The minimum absolute atomic E-state index is 0.440. The topological polar surface area (TPSA) is 38.3 Å². The molecule has 0 aromatic carbocycles. The third kappa shape index (κ3) is 0.618. The van der Waals surface area contributed by atoms with E-state index < -0.39 is 5.60 Å².